The lowest BCUT2D eigenvalue weighted by atomic mass is 10.1. The number of nitrogens with zero attached hydrogens (tertiary/aromatic N) is 2. The monoisotopic (exact) mass is 244 g/mol. The molecule has 0 radical (unpaired) electrons. The van der Waals surface area contributed by atoms with E-state index in [0.717, 1.165) is 11.1 Å². The van der Waals surface area contributed by atoms with Crippen LogP contribution in [0, 0.1) is 5.92 Å². The van der Waals surface area contributed by atoms with E-state index < -0.39 is 0 Å². The SMILES string of the molecule is COC(=O)C(C)Cn1cc(-c2ccccc2)cn1. The molecular formula is C14H16N2O2. The Morgan fingerprint density at radius 3 is 2.72 bits per heavy atom. The van der Waals surface area contributed by atoms with Crippen molar-refractivity contribution in [2.24, 2.45) is 5.92 Å². The van der Waals surface area contributed by atoms with Crippen molar-refractivity contribution in [1.29, 1.82) is 0 Å². The zero-order valence-corrected chi connectivity index (χ0v) is 10.5. The van der Waals surface area contributed by atoms with Gasteiger partial charge in [-0.3, -0.25) is 9.48 Å². The predicted octanol–water partition coefficient (Wildman–Crippen LogP) is 2.36. The van der Waals surface area contributed by atoms with Crippen molar-refractivity contribution in [2.45, 2.75) is 13.5 Å². The third kappa shape index (κ3) is 2.77. The van der Waals surface area contributed by atoms with Gasteiger partial charge in [-0.15, -0.1) is 0 Å². The Morgan fingerprint density at radius 2 is 2.06 bits per heavy atom. The van der Waals surface area contributed by atoms with Gasteiger partial charge in [-0.1, -0.05) is 37.3 Å². The molecule has 0 N–H and O–H groups in total. The first-order valence-electron chi connectivity index (χ1n) is 5.86. The summed E-state index contributed by atoms with van der Waals surface area (Å²) < 4.78 is 6.46. The van der Waals surface area contributed by atoms with E-state index in [1.165, 1.54) is 7.11 Å². The van der Waals surface area contributed by atoms with E-state index in [4.69, 9.17) is 4.74 Å². The summed E-state index contributed by atoms with van der Waals surface area (Å²) >= 11 is 0. The van der Waals surface area contributed by atoms with Gasteiger partial charge in [0.2, 0.25) is 0 Å². The summed E-state index contributed by atoms with van der Waals surface area (Å²) in [6.07, 6.45) is 3.74. The molecule has 4 heteroatoms. The van der Waals surface area contributed by atoms with Crippen LogP contribution in [0.4, 0.5) is 0 Å². The minimum Gasteiger partial charge on any atom is -0.469 e. The molecule has 1 heterocycles. The predicted molar refractivity (Wildman–Crippen MR) is 68.8 cm³/mol. The van der Waals surface area contributed by atoms with Crippen molar-refractivity contribution < 1.29 is 9.53 Å². The Balaban J connectivity index is 2.09. The molecule has 1 aromatic heterocycles. The lowest BCUT2D eigenvalue weighted by Gasteiger charge is -2.08. The number of hydrogen-bond donors (Lipinski definition) is 0. The van der Waals surface area contributed by atoms with Crippen LogP contribution in [0.1, 0.15) is 6.92 Å². The molecule has 18 heavy (non-hydrogen) atoms. The van der Waals surface area contributed by atoms with Gasteiger partial charge in [0.1, 0.15) is 0 Å². The molecule has 0 bridgehead atoms. The first kappa shape index (κ1) is 12.4. The molecule has 0 fully saturated rings. The molecule has 1 atom stereocenters. The van der Waals surface area contributed by atoms with E-state index in [1.54, 1.807) is 10.9 Å². The highest BCUT2D eigenvalue weighted by molar-refractivity contribution is 5.71. The Labute approximate surface area is 106 Å². The first-order chi connectivity index (χ1) is 8.70. The second kappa shape index (κ2) is 5.49. The number of aromatic nitrogens is 2. The highest BCUT2D eigenvalue weighted by Crippen LogP contribution is 2.18. The maximum atomic E-state index is 11.3. The summed E-state index contributed by atoms with van der Waals surface area (Å²) in [5.74, 6) is -0.412. The number of ether oxygens (including phenoxy) is 1. The van der Waals surface area contributed by atoms with Crippen LogP contribution in [-0.2, 0) is 16.1 Å². The van der Waals surface area contributed by atoms with Gasteiger partial charge >= 0.3 is 5.97 Å². The lowest BCUT2D eigenvalue weighted by molar-refractivity contribution is -0.145. The van der Waals surface area contributed by atoms with Crippen molar-refractivity contribution in [1.82, 2.24) is 9.78 Å². The molecule has 0 spiro atoms. The topological polar surface area (TPSA) is 44.1 Å². The van der Waals surface area contributed by atoms with E-state index in [-0.39, 0.29) is 11.9 Å². The number of methoxy groups -OCH3 is 1. The number of benzene rings is 1. The molecule has 0 aliphatic carbocycles. The zero-order valence-electron chi connectivity index (χ0n) is 10.5. The quantitative estimate of drug-likeness (QED) is 0.775. The maximum Gasteiger partial charge on any atom is 0.310 e. The minimum absolute atomic E-state index is 0.196. The van der Waals surface area contributed by atoms with E-state index in [9.17, 15) is 4.79 Å². The van der Waals surface area contributed by atoms with Crippen LogP contribution in [0.5, 0.6) is 0 Å². The summed E-state index contributed by atoms with van der Waals surface area (Å²) in [4.78, 5) is 11.3. The third-order valence-corrected chi connectivity index (χ3v) is 2.80. The minimum atomic E-state index is -0.216. The Bertz CT molecular complexity index is 520. The molecule has 1 aromatic carbocycles. The van der Waals surface area contributed by atoms with E-state index >= 15 is 0 Å². The molecule has 4 nitrogen and oxygen atoms in total. The molecule has 1 unspecified atom stereocenters. The standard InChI is InChI=1S/C14H16N2O2/c1-11(14(17)18-2)9-16-10-13(8-15-16)12-6-4-3-5-7-12/h3-8,10-11H,9H2,1-2H3. The van der Waals surface area contributed by atoms with Gasteiger partial charge in [-0.25, -0.2) is 0 Å². The van der Waals surface area contributed by atoms with Gasteiger partial charge in [-0.05, 0) is 5.56 Å². The number of carbonyl (C=O) groups is 1. The van der Waals surface area contributed by atoms with E-state index in [0.29, 0.717) is 6.54 Å². The van der Waals surface area contributed by atoms with Crippen LogP contribution in [0.25, 0.3) is 11.1 Å². The molecule has 0 aliphatic rings. The lowest BCUT2D eigenvalue weighted by Crippen LogP contribution is -2.18. The largest absolute Gasteiger partial charge is 0.469 e. The normalized spacial score (nSPS) is 12.1. The Hall–Kier alpha value is -2.10. The summed E-state index contributed by atoms with van der Waals surface area (Å²) in [6, 6.07) is 10.0. The Kier molecular flexibility index (Phi) is 3.77. The first-order valence-corrected chi connectivity index (χ1v) is 5.86. The number of carbonyl (C=O) groups excluding carboxylic acids is 1. The average molecular weight is 244 g/mol. The number of hydrogen-bond acceptors (Lipinski definition) is 3. The molecular weight excluding hydrogens is 228 g/mol. The Morgan fingerprint density at radius 1 is 1.33 bits per heavy atom. The second-order valence-corrected chi connectivity index (χ2v) is 4.24. The van der Waals surface area contributed by atoms with Crippen molar-refractivity contribution >= 4 is 5.97 Å². The molecule has 0 saturated heterocycles. The van der Waals surface area contributed by atoms with Crippen LogP contribution in [0.15, 0.2) is 42.7 Å². The van der Waals surface area contributed by atoms with Crippen LogP contribution in [-0.4, -0.2) is 22.9 Å². The van der Waals surface area contributed by atoms with Crippen LogP contribution in [0.2, 0.25) is 0 Å². The summed E-state index contributed by atoms with van der Waals surface area (Å²) in [5, 5.41) is 4.26. The molecule has 94 valence electrons. The van der Waals surface area contributed by atoms with Crippen LogP contribution < -0.4 is 0 Å². The highest BCUT2D eigenvalue weighted by atomic mass is 16.5. The molecule has 2 aromatic rings. The average Bonchev–Trinajstić information content (AvgIpc) is 2.87. The van der Waals surface area contributed by atoms with Crippen molar-refractivity contribution in [3.8, 4) is 11.1 Å². The maximum absolute atomic E-state index is 11.3. The van der Waals surface area contributed by atoms with Crippen molar-refractivity contribution in [3.63, 3.8) is 0 Å². The van der Waals surface area contributed by atoms with Crippen LogP contribution >= 0.6 is 0 Å². The number of rotatable bonds is 4. The summed E-state index contributed by atoms with van der Waals surface area (Å²) in [5.41, 5.74) is 2.17. The molecule has 0 amide bonds. The van der Waals surface area contributed by atoms with Crippen LogP contribution in [0.3, 0.4) is 0 Å². The van der Waals surface area contributed by atoms with Gasteiger partial charge in [-0.2, -0.15) is 5.10 Å². The zero-order chi connectivity index (χ0) is 13.0. The molecule has 0 saturated carbocycles. The fraction of sp³-hybridized carbons (Fsp3) is 0.286. The fourth-order valence-electron chi connectivity index (χ4n) is 1.80. The molecule has 2 rings (SSSR count). The van der Waals surface area contributed by atoms with Gasteiger partial charge in [0.25, 0.3) is 0 Å². The molecule has 0 aliphatic heterocycles. The van der Waals surface area contributed by atoms with Gasteiger partial charge in [0.15, 0.2) is 0 Å². The fourth-order valence-corrected chi connectivity index (χ4v) is 1.80. The van der Waals surface area contributed by atoms with E-state index in [1.807, 2.05) is 43.5 Å². The highest BCUT2D eigenvalue weighted by Gasteiger charge is 2.14. The van der Waals surface area contributed by atoms with E-state index in [2.05, 4.69) is 5.10 Å². The second-order valence-electron chi connectivity index (χ2n) is 4.24. The summed E-state index contributed by atoms with van der Waals surface area (Å²) in [6.45, 7) is 2.36. The van der Waals surface area contributed by atoms with Crippen molar-refractivity contribution in [3.05, 3.63) is 42.7 Å². The smallest absolute Gasteiger partial charge is 0.310 e. The third-order valence-electron chi connectivity index (χ3n) is 2.80. The van der Waals surface area contributed by atoms with Gasteiger partial charge in [0, 0.05) is 11.8 Å². The van der Waals surface area contributed by atoms with Gasteiger partial charge < -0.3 is 4.74 Å². The number of esters is 1. The van der Waals surface area contributed by atoms with Crippen molar-refractivity contribution in [2.75, 3.05) is 7.11 Å². The van der Waals surface area contributed by atoms with Gasteiger partial charge in [0.05, 0.1) is 25.8 Å². The summed E-state index contributed by atoms with van der Waals surface area (Å²) in [7, 11) is 1.40.